The van der Waals surface area contributed by atoms with Gasteiger partial charge in [0.05, 0.1) is 12.5 Å². The lowest BCUT2D eigenvalue weighted by Gasteiger charge is -2.31. The molecule has 1 N–H and O–H groups in total. The minimum atomic E-state index is -0.0376. The molecule has 2 atom stereocenters. The van der Waals surface area contributed by atoms with Crippen LogP contribution < -0.4 is 5.32 Å². The van der Waals surface area contributed by atoms with Crippen molar-refractivity contribution < 1.29 is 9.32 Å². The van der Waals surface area contributed by atoms with E-state index in [1.54, 1.807) is 0 Å². The standard InChI is InChI=1S/C29H36ClN5O2/c1-21-5-3-13-34(17-21)18-23-11-9-22(10-12-23)16-31-29(36)25-7-4-14-35(19-25)20-27-32-28(33-37-27)24-6-2-8-26(30)15-24/h2,6,8-12,15,21,25H,3-5,7,13-14,16-20H2,1H3,(H,31,36). The van der Waals surface area contributed by atoms with Crippen molar-refractivity contribution in [2.45, 2.75) is 52.2 Å². The van der Waals surface area contributed by atoms with E-state index in [2.05, 4.69) is 56.4 Å². The lowest BCUT2D eigenvalue weighted by atomic mass is 9.97. The first-order valence-corrected chi connectivity index (χ1v) is 13.8. The fraction of sp³-hybridized carbons (Fsp3) is 0.483. The summed E-state index contributed by atoms with van der Waals surface area (Å²) in [7, 11) is 0. The van der Waals surface area contributed by atoms with E-state index in [0.29, 0.717) is 36.4 Å². The van der Waals surface area contributed by atoms with Gasteiger partial charge in [-0.2, -0.15) is 4.98 Å². The van der Waals surface area contributed by atoms with E-state index in [4.69, 9.17) is 16.1 Å². The van der Waals surface area contributed by atoms with Crippen molar-refractivity contribution >= 4 is 17.5 Å². The number of halogens is 1. The van der Waals surface area contributed by atoms with Crippen LogP contribution in [0.3, 0.4) is 0 Å². The fourth-order valence-corrected chi connectivity index (χ4v) is 5.64. The smallest absolute Gasteiger partial charge is 0.241 e. The summed E-state index contributed by atoms with van der Waals surface area (Å²) in [4.78, 5) is 22.2. The van der Waals surface area contributed by atoms with Crippen molar-refractivity contribution in [1.82, 2.24) is 25.3 Å². The molecule has 2 aromatic carbocycles. The number of amides is 1. The summed E-state index contributed by atoms with van der Waals surface area (Å²) >= 11 is 6.08. The highest BCUT2D eigenvalue weighted by Gasteiger charge is 2.27. The van der Waals surface area contributed by atoms with Crippen LogP contribution >= 0.6 is 11.6 Å². The van der Waals surface area contributed by atoms with Gasteiger partial charge in [-0.15, -0.1) is 0 Å². The number of aromatic nitrogens is 2. The van der Waals surface area contributed by atoms with Gasteiger partial charge < -0.3 is 9.84 Å². The van der Waals surface area contributed by atoms with Crippen LogP contribution in [0.5, 0.6) is 0 Å². The first-order valence-electron chi connectivity index (χ1n) is 13.4. The summed E-state index contributed by atoms with van der Waals surface area (Å²) in [5.74, 6) is 1.94. The summed E-state index contributed by atoms with van der Waals surface area (Å²) in [6.45, 7) is 8.42. The van der Waals surface area contributed by atoms with Crippen molar-refractivity contribution in [1.29, 1.82) is 0 Å². The second-order valence-corrected chi connectivity index (χ2v) is 11.0. The van der Waals surface area contributed by atoms with Crippen molar-refractivity contribution in [3.63, 3.8) is 0 Å². The summed E-state index contributed by atoms with van der Waals surface area (Å²) in [5, 5.41) is 7.89. The minimum absolute atomic E-state index is 0.0376. The molecular weight excluding hydrogens is 486 g/mol. The molecule has 196 valence electrons. The monoisotopic (exact) mass is 521 g/mol. The molecule has 0 saturated carbocycles. The predicted molar refractivity (Wildman–Crippen MR) is 145 cm³/mol. The Morgan fingerprint density at radius 2 is 1.78 bits per heavy atom. The van der Waals surface area contributed by atoms with Gasteiger partial charge in [0.1, 0.15) is 0 Å². The fourth-order valence-electron chi connectivity index (χ4n) is 5.45. The Labute approximate surface area is 224 Å². The highest BCUT2D eigenvalue weighted by atomic mass is 35.5. The van der Waals surface area contributed by atoms with Crippen LogP contribution in [0.2, 0.25) is 5.02 Å². The molecular formula is C29H36ClN5O2. The Bertz CT molecular complexity index is 1180. The average molecular weight is 522 g/mol. The molecule has 0 spiro atoms. The van der Waals surface area contributed by atoms with Crippen LogP contribution in [0.1, 0.15) is 49.6 Å². The van der Waals surface area contributed by atoms with Gasteiger partial charge >= 0.3 is 0 Å². The Morgan fingerprint density at radius 3 is 2.57 bits per heavy atom. The van der Waals surface area contributed by atoms with Gasteiger partial charge in [-0.3, -0.25) is 14.6 Å². The van der Waals surface area contributed by atoms with E-state index in [0.717, 1.165) is 43.0 Å². The number of benzene rings is 2. The third-order valence-electron chi connectivity index (χ3n) is 7.42. The van der Waals surface area contributed by atoms with Gasteiger partial charge in [0, 0.05) is 36.8 Å². The van der Waals surface area contributed by atoms with Crippen molar-refractivity contribution in [3.05, 3.63) is 70.6 Å². The maximum Gasteiger partial charge on any atom is 0.241 e. The van der Waals surface area contributed by atoms with Crippen LogP contribution in [0, 0.1) is 11.8 Å². The highest BCUT2D eigenvalue weighted by Crippen LogP contribution is 2.23. The van der Waals surface area contributed by atoms with Gasteiger partial charge in [-0.05, 0) is 68.0 Å². The second kappa shape index (κ2) is 12.2. The normalized spacial score (nSPS) is 21.1. The van der Waals surface area contributed by atoms with Crippen molar-refractivity contribution in [2.75, 3.05) is 26.2 Å². The van der Waals surface area contributed by atoms with Gasteiger partial charge in [-0.25, -0.2) is 0 Å². The number of rotatable bonds is 8. The topological polar surface area (TPSA) is 74.5 Å². The lowest BCUT2D eigenvalue weighted by Crippen LogP contribution is -2.42. The number of carbonyl (C=O) groups excluding carboxylic acids is 1. The quantitative estimate of drug-likeness (QED) is 0.442. The molecule has 2 aliphatic heterocycles. The first-order chi connectivity index (χ1) is 18.0. The maximum absolute atomic E-state index is 12.9. The summed E-state index contributed by atoms with van der Waals surface area (Å²) in [6.07, 6.45) is 4.50. The molecule has 1 amide bonds. The zero-order chi connectivity index (χ0) is 25.6. The molecule has 0 radical (unpaired) electrons. The van der Waals surface area contributed by atoms with Gasteiger partial charge in [0.2, 0.25) is 17.6 Å². The van der Waals surface area contributed by atoms with E-state index in [-0.39, 0.29) is 11.8 Å². The SMILES string of the molecule is CC1CCCN(Cc2ccc(CNC(=O)C3CCCN(Cc4nc(-c5cccc(Cl)c5)no4)C3)cc2)C1. The summed E-state index contributed by atoms with van der Waals surface area (Å²) in [6, 6.07) is 16.1. The molecule has 2 aliphatic rings. The molecule has 0 bridgehead atoms. The van der Waals surface area contributed by atoms with E-state index >= 15 is 0 Å². The molecule has 0 aliphatic carbocycles. The zero-order valence-electron chi connectivity index (χ0n) is 21.5. The molecule has 1 aromatic heterocycles. The molecule has 2 saturated heterocycles. The predicted octanol–water partition coefficient (Wildman–Crippen LogP) is 5.15. The number of piperidine rings is 2. The zero-order valence-corrected chi connectivity index (χ0v) is 22.3. The lowest BCUT2D eigenvalue weighted by molar-refractivity contribution is -0.127. The number of carbonyl (C=O) groups is 1. The number of nitrogens with zero attached hydrogens (tertiary/aromatic N) is 4. The molecule has 2 fully saturated rings. The molecule has 3 aromatic rings. The number of hydrogen-bond donors (Lipinski definition) is 1. The molecule has 37 heavy (non-hydrogen) atoms. The Morgan fingerprint density at radius 1 is 1.03 bits per heavy atom. The molecule has 7 nitrogen and oxygen atoms in total. The molecule has 8 heteroatoms. The van der Waals surface area contributed by atoms with E-state index in [9.17, 15) is 4.79 Å². The third-order valence-corrected chi connectivity index (χ3v) is 7.66. The highest BCUT2D eigenvalue weighted by molar-refractivity contribution is 6.30. The maximum atomic E-state index is 12.9. The van der Waals surface area contributed by atoms with Crippen molar-refractivity contribution in [2.24, 2.45) is 11.8 Å². The van der Waals surface area contributed by atoms with Crippen LogP contribution in [-0.4, -0.2) is 52.0 Å². The Balaban J connectivity index is 1.09. The Hall–Kier alpha value is -2.74. The second-order valence-electron chi connectivity index (χ2n) is 10.6. The molecule has 5 rings (SSSR count). The first kappa shape index (κ1) is 25.9. The van der Waals surface area contributed by atoms with Gasteiger partial charge in [0.15, 0.2) is 0 Å². The van der Waals surface area contributed by atoms with E-state index in [1.165, 1.54) is 31.5 Å². The number of hydrogen-bond acceptors (Lipinski definition) is 6. The summed E-state index contributed by atoms with van der Waals surface area (Å²) in [5.41, 5.74) is 3.30. The molecule has 3 heterocycles. The van der Waals surface area contributed by atoms with Crippen LogP contribution in [-0.2, 0) is 24.4 Å². The largest absolute Gasteiger partial charge is 0.352 e. The van der Waals surface area contributed by atoms with Gasteiger partial charge in [-0.1, -0.05) is 60.1 Å². The third kappa shape index (κ3) is 7.18. The number of nitrogens with one attached hydrogen (secondary N) is 1. The van der Waals surface area contributed by atoms with Crippen LogP contribution in [0.15, 0.2) is 53.1 Å². The van der Waals surface area contributed by atoms with Crippen molar-refractivity contribution in [3.8, 4) is 11.4 Å². The van der Waals surface area contributed by atoms with E-state index < -0.39 is 0 Å². The summed E-state index contributed by atoms with van der Waals surface area (Å²) < 4.78 is 5.48. The Kier molecular flexibility index (Phi) is 8.54. The van der Waals surface area contributed by atoms with Crippen LogP contribution in [0.4, 0.5) is 0 Å². The average Bonchev–Trinajstić information content (AvgIpc) is 3.37. The van der Waals surface area contributed by atoms with Crippen LogP contribution in [0.25, 0.3) is 11.4 Å². The minimum Gasteiger partial charge on any atom is -0.352 e. The number of likely N-dealkylation sites (tertiary alicyclic amines) is 2. The van der Waals surface area contributed by atoms with E-state index in [1.807, 2.05) is 24.3 Å². The molecule has 2 unspecified atom stereocenters. The van der Waals surface area contributed by atoms with Gasteiger partial charge in [0.25, 0.3) is 0 Å².